The highest BCUT2D eigenvalue weighted by molar-refractivity contribution is 7.05. The Kier molecular flexibility index (Phi) is 1.89. The van der Waals surface area contributed by atoms with E-state index in [0.717, 1.165) is 16.9 Å². The zero-order chi connectivity index (χ0) is 6.69. The Balaban J connectivity index is 2.80. The van der Waals surface area contributed by atoms with Gasteiger partial charge in [-0.3, -0.25) is 0 Å². The van der Waals surface area contributed by atoms with Crippen molar-refractivity contribution in [2.24, 2.45) is 0 Å². The standard InChI is InChI=1S/C5H6N2OS/c1-4-5(2-3-8)6-7-9-4/h3H,2H2,1H3. The van der Waals surface area contributed by atoms with Gasteiger partial charge in [0.15, 0.2) is 0 Å². The molecule has 1 aromatic rings. The third-order valence-electron chi connectivity index (χ3n) is 1.02. The summed E-state index contributed by atoms with van der Waals surface area (Å²) in [6, 6.07) is 0. The van der Waals surface area contributed by atoms with Crippen molar-refractivity contribution < 1.29 is 4.79 Å². The van der Waals surface area contributed by atoms with Crippen LogP contribution in [0.25, 0.3) is 0 Å². The van der Waals surface area contributed by atoms with E-state index in [-0.39, 0.29) is 0 Å². The van der Waals surface area contributed by atoms with E-state index in [2.05, 4.69) is 9.59 Å². The molecule has 0 atom stereocenters. The van der Waals surface area contributed by atoms with E-state index in [1.807, 2.05) is 6.92 Å². The van der Waals surface area contributed by atoms with Crippen LogP contribution in [0.4, 0.5) is 0 Å². The Morgan fingerprint density at radius 3 is 3.00 bits per heavy atom. The van der Waals surface area contributed by atoms with E-state index in [0.29, 0.717) is 6.42 Å². The number of aromatic nitrogens is 2. The van der Waals surface area contributed by atoms with Crippen LogP contribution in [0.3, 0.4) is 0 Å². The smallest absolute Gasteiger partial charge is 0.126 e. The predicted molar refractivity (Wildman–Crippen MR) is 34.4 cm³/mol. The van der Waals surface area contributed by atoms with Gasteiger partial charge >= 0.3 is 0 Å². The van der Waals surface area contributed by atoms with Crippen LogP contribution in [-0.2, 0) is 11.2 Å². The lowest BCUT2D eigenvalue weighted by Crippen LogP contribution is -1.87. The molecule has 0 spiro atoms. The first-order valence-electron chi connectivity index (χ1n) is 2.56. The van der Waals surface area contributed by atoms with Crippen molar-refractivity contribution in [3.05, 3.63) is 10.6 Å². The largest absolute Gasteiger partial charge is 0.303 e. The maximum atomic E-state index is 9.96. The first kappa shape index (κ1) is 6.35. The molecule has 3 nitrogen and oxygen atoms in total. The van der Waals surface area contributed by atoms with Gasteiger partial charge in [0.2, 0.25) is 0 Å². The highest BCUT2D eigenvalue weighted by Crippen LogP contribution is 2.06. The van der Waals surface area contributed by atoms with Crippen LogP contribution in [-0.4, -0.2) is 15.9 Å². The molecule has 1 rings (SSSR count). The molecule has 4 heteroatoms. The molecule has 0 aliphatic heterocycles. The fourth-order valence-electron chi connectivity index (χ4n) is 0.518. The zero-order valence-corrected chi connectivity index (χ0v) is 5.81. The molecule has 0 radical (unpaired) electrons. The van der Waals surface area contributed by atoms with Crippen molar-refractivity contribution in [2.75, 3.05) is 0 Å². The molecule has 0 unspecified atom stereocenters. The molecule has 0 fully saturated rings. The summed E-state index contributed by atoms with van der Waals surface area (Å²) >= 11 is 1.32. The van der Waals surface area contributed by atoms with E-state index in [4.69, 9.17) is 0 Å². The van der Waals surface area contributed by atoms with Gasteiger partial charge in [-0.2, -0.15) is 0 Å². The lowest BCUT2D eigenvalue weighted by molar-refractivity contribution is -0.107. The summed E-state index contributed by atoms with van der Waals surface area (Å²) in [7, 11) is 0. The summed E-state index contributed by atoms with van der Waals surface area (Å²) in [4.78, 5) is 11.0. The zero-order valence-electron chi connectivity index (χ0n) is 5.00. The van der Waals surface area contributed by atoms with Gasteiger partial charge in [-0.1, -0.05) is 4.49 Å². The molecule has 1 aromatic heterocycles. The third-order valence-corrected chi connectivity index (χ3v) is 1.70. The van der Waals surface area contributed by atoms with Gasteiger partial charge in [0, 0.05) is 11.3 Å². The number of nitrogens with zero attached hydrogens (tertiary/aromatic N) is 2. The fourth-order valence-corrected chi connectivity index (χ4v) is 1.01. The molecule has 0 saturated heterocycles. The number of aryl methyl sites for hydroxylation is 1. The summed E-state index contributed by atoms with van der Waals surface area (Å²) in [5.41, 5.74) is 0.801. The molecule has 0 aromatic carbocycles. The van der Waals surface area contributed by atoms with E-state index < -0.39 is 0 Å². The SMILES string of the molecule is Cc1snnc1CC=O. The van der Waals surface area contributed by atoms with Crippen molar-refractivity contribution in [3.8, 4) is 0 Å². The number of carbonyl (C=O) groups excluding carboxylic acids is 1. The fraction of sp³-hybridized carbons (Fsp3) is 0.400. The van der Waals surface area contributed by atoms with Gasteiger partial charge in [-0.05, 0) is 18.5 Å². The van der Waals surface area contributed by atoms with Crippen LogP contribution < -0.4 is 0 Å². The van der Waals surface area contributed by atoms with Crippen molar-refractivity contribution in [1.82, 2.24) is 9.59 Å². The first-order chi connectivity index (χ1) is 4.34. The minimum absolute atomic E-state index is 0.391. The minimum Gasteiger partial charge on any atom is -0.303 e. The minimum atomic E-state index is 0.391. The van der Waals surface area contributed by atoms with E-state index >= 15 is 0 Å². The number of rotatable bonds is 2. The quantitative estimate of drug-likeness (QED) is 0.567. The van der Waals surface area contributed by atoms with Gasteiger partial charge in [0.25, 0.3) is 0 Å². The van der Waals surface area contributed by atoms with Gasteiger partial charge in [-0.25, -0.2) is 0 Å². The summed E-state index contributed by atoms with van der Waals surface area (Å²) in [6.45, 7) is 1.91. The van der Waals surface area contributed by atoms with E-state index in [1.165, 1.54) is 11.5 Å². The monoisotopic (exact) mass is 142 g/mol. The second-order valence-corrected chi connectivity index (χ2v) is 2.60. The van der Waals surface area contributed by atoms with Crippen LogP contribution in [0.15, 0.2) is 0 Å². The average Bonchev–Trinajstić information content (AvgIpc) is 2.18. The summed E-state index contributed by atoms with van der Waals surface area (Å²) < 4.78 is 3.67. The van der Waals surface area contributed by atoms with Crippen molar-refractivity contribution in [3.63, 3.8) is 0 Å². The highest BCUT2D eigenvalue weighted by Gasteiger charge is 1.99. The predicted octanol–water partition coefficient (Wildman–Crippen LogP) is 0.588. The highest BCUT2D eigenvalue weighted by atomic mass is 32.1. The number of hydrogen-bond acceptors (Lipinski definition) is 4. The molecule has 0 N–H and O–H groups in total. The Bertz CT molecular complexity index is 208. The molecule has 0 aliphatic rings. The lowest BCUT2D eigenvalue weighted by Gasteiger charge is -1.82. The molecule has 0 saturated carbocycles. The van der Waals surface area contributed by atoms with Crippen LogP contribution in [0.1, 0.15) is 10.6 Å². The van der Waals surface area contributed by atoms with Gasteiger partial charge in [0.05, 0.1) is 5.69 Å². The van der Waals surface area contributed by atoms with Crippen molar-refractivity contribution >= 4 is 17.8 Å². The molecular weight excluding hydrogens is 136 g/mol. The Labute approximate surface area is 56.9 Å². The first-order valence-corrected chi connectivity index (χ1v) is 3.33. The molecule has 0 aliphatic carbocycles. The van der Waals surface area contributed by atoms with Crippen molar-refractivity contribution in [2.45, 2.75) is 13.3 Å². The average molecular weight is 142 g/mol. The molecular formula is C5H6N2OS. The Hall–Kier alpha value is -0.770. The van der Waals surface area contributed by atoms with Crippen molar-refractivity contribution in [1.29, 1.82) is 0 Å². The van der Waals surface area contributed by atoms with Gasteiger partial charge in [0.1, 0.15) is 6.29 Å². The van der Waals surface area contributed by atoms with Crippen LogP contribution in [0.2, 0.25) is 0 Å². The Morgan fingerprint density at radius 1 is 1.78 bits per heavy atom. The van der Waals surface area contributed by atoms with E-state index in [9.17, 15) is 4.79 Å². The topological polar surface area (TPSA) is 42.9 Å². The molecule has 48 valence electrons. The Morgan fingerprint density at radius 2 is 2.56 bits per heavy atom. The van der Waals surface area contributed by atoms with Crippen LogP contribution >= 0.6 is 11.5 Å². The summed E-state index contributed by atoms with van der Waals surface area (Å²) in [5, 5.41) is 3.74. The normalized spacial score (nSPS) is 9.44. The van der Waals surface area contributed by atoms with Crippen LogP contribution in [0.5, 0.6) is 0 Å². The second kappa shape index (κ2) is 2.68. The third kappa shape index (κ3) is 1.32. The molecule has 0 amide bonds. The maximum Gasteiger partial charge on any atom is 0.126 e. The number of carbonyl (C=O) groups is 1. The molecule has 0 bridgehead atoms. The number of hydrogen-bond donors (Lipinski definition) is 0. The molecule has 9 heavy (non-hydrogen) atoms. The molecule has 1 heterocycles. The second-order valence-electron chi connectivity index (χ2n) is 1.65. The lowest BCUT2D eigenvalue weighted by atomic mass is 10.3. The van der Waals surface area contributed by atoms with Gasteiger partial charge < -0.3 is 4.79 Å². The van der Waals surface area contributed by atoms with E-state index in [1.54, 1.807) is 0 Å². The van der Waals surface area contributed by atoms with Crippen LogP contribution in [0, 0.1) is 6.92 Å². The summed E-state index contributed by atoms with van der Waals surface area (Å²) in [5.74, 6) is 0. The maximum absolute atomic E-state index is 9.96. The number of aldehydes is 1. The van der Waals surface area contributed by atoms with Gasteiger partial charge in [-0.15, -0.1) is 5.10 Å². The summed E-state index contributed by atoms with van der Waals surface area (Å²) in [6.07, 6.45) is 1.23.